The first-order chi connectivity index (χ1) is 12.1. The van der Waals surface area contributed by atoms with Gasteiger partial charge in [0.2, 0.25) is 0 Å². The van der Waals surface area contributed by atoms with Gasteiger partial charge in [0.15, 0.2) is 11.7 Å². The molecule has 3 rings (SSSR count). The van der Waals surface area contributed by atoms with Gasteiger partial charge in [0.05, 0.1) is 5.56 Å². The lowest BCUT2D eigenvalue weighted by atomic mass is 10.1. The van der Waals surface area contributed by atoms with Crippen LogP contribution in [0.25, 0.3) is 17.4 Å². The molecule has 25 heavy (non-hydrogen) atoms. The molecule has 0 aliphatic carbocycles. The summed E-state index contributed by atoms with van der Waals surface area (Å²) in [6, 6.07) is 11.8. The van der Waals surface area contributed by atoms with E-state index in [9.17, 15) is 9.59 Å². The van der Waals surface area contributed by atoms with Crippen LogP contribution in [0.3, 0.4) is 0 Å². The van der Waals surface area contributed by atoms with Crippen molar-refractivity contribution in [1.29, 1.82) is 5.26 Å². The van der Waals surface area contributed by atoms with Crippen molar-refractivity contribution in [2.24, 2.45) is 0 Å². The molecule has 0 saturated carbocycles. The van der Waals surface area contributed by atoms with Gasteiger partial charge in [0.25, 0.3) is 5.91 Å². The molecule has 0 atom stereocenters. The Morgan fingerprint density at radius 3 is 2.88 bits per heavy atom. The number of benzene rings is 1. The van der Waals surface area contributed by atoms with Gasteiger partial charge in [-0.25, -0.2) is 4.79 Å². The Bertz CT molecular complexity index is 939. The standard InChI is InChI=1S/C17H11N3O4S/c18-6-7-23-16(22)11-3-1-2-10(8-11)14-5-4-12(24-14)9-13-15(21)20-17(25)19-13/h1-5,8-9H,7H2,(H2,19,20,21,25)/b13-9-. The van der Waals surface area contributed by atoms with E-state index in [1.165, 1.54) is 6.08 Å². The first-order valence-electron chi connectivity index (χ1n) is 7.15. The van der Waals surface area contributed by atoms with E-state index in [0.29, 0.717) is 28.3 Å². The van der Waals surface area contributed by atoms with E-state index in [2.05, 4.69) is 10.6 Å². The number of nitriles is 1. The highest BCUT2D eigenvalue weighted by atomic mass is 32.1. The molecule has 0 unspecified atom stereocenters. The largest absolute Gasteiger partial charge is 0.457 e. The minimum atomic E-state index is -0.586. The number of ether oxygens (including phenoxy) is 1. The molecule has 1 amide bonds. The summed E-state index contributed by atoms with van der Waals surface area (Å²) in [7, 11) is 0. The molecule has 0 bridgehead atoms. The molecule has 2 aromatic rings. The number of nitrogens with one attached hydrogen (secondary N) is 2. The fourth-order valence-corrected chi connectivity index (χ4v) is 2.39. The number of hydrogen-bond donors (Lipinski definition) is 2. The summed E-state index contributed by atoms with van der Waals surface area (Å²) in [6.45, 7) is -0.307. The van der Waals surface area contributed by atoms with Gasteiger partial charge in [-0.3, -0.25) is 10.1 Å². The van der Waals surface area contributed by atoms with E-state index in [1.54, 1.807) is 42.5 Å². The van der Waals surface area contributed by atoms with Gasteiger partial charge in [-0.15, -0.1) is 0 Å². The molecule has 1 fully saturated rings. The van der Waals surface area contributed by atoms with Crippen molar-refractivity contribution in [2.75, 3.05) is 6.61 Å². The quantitative estimate of drug-likeness (QED) is 0.492. The summed E-state index contributed by atoms with van der Waals surface area (Å²) < 4.78 is 10.5. The average molecular weight is 353 g/mol. The summed E-state index contributed by atoms with van der Waals surface area (Å²) in [5, 5.41) is 13.9. The number of rotatable bonds is 4. The van der Waals surface area contributed by atoms with Crippen LogP contribution in [-0.4, -0.2) is 23.6 Å². The highest BCUT2D eigenvalue weighted by Crippen LogP contribution is 2.24. The molecule has 7 nitrogen and oxygen atoms in total. The Hall–Kier alpha value is -3.44. The Morgan fingerprint density at radius 2 is 2.16 bits per heavy atom. The van der Waals surface area contributed by atoms with E-state index in [-0.39, 0.29) is 17.6 Å². The number of amides is 1. The lowest BCUT2D eigenvalue weighted by Crippen LogP contribution is -2.21. The molecular weight excluding hydrogens is 342 g/mol. The number of carbonyl (C=O) groups is 2. The molecule has 1 saturated heterocycles. The number of furan rings is 1. The smallest absolute Gasteiger partial charge is 0.339 e. The van der Waals surface area contributed by atoms with Crippen LogP contribution in [0.15, 0.2) is 46.5 Å². The SMILES string of the molecule is N#CCOC(=O)c1cccc(-c2ccc(/C=C3\NC(=S)NC3=O)o2)c1. The van der Waals surface area contributed by atoms with Crippen molar-refractivity contribution < 1.29 is 18.7 Å². The second-order valence-corrected chi connectivity index (χ2v) is 5.39. The van der Waals surface area contributed by atoms with Crippen molar-refractivity contribution in [3.63, 3.8) is 0 Å². The van der Waals surface area contributed by atoms with E-state index in [0.717, 1.165) is 0 Å². The third kappa shape index (κ3) is 3.73. The third-order valence-corrected chi connectivity index (χ3v) is 3.49. The van der Waals surface area contributed by atoms with Crippen molar-refractivity contribution >= 4 is 35.3 Å². The monoisotopic (exact) mass is 353 g/mol. The highest BCUT2D eigenvalue weighted by Gasteiger charge is 2.20. The van der Waals surface area contributed by atoms with Crippen molar-refractivity contribution in [3.05, 3.63) is 53.4 Å². The van der Waals surface area contributed by atoms with Crippen LogP contribution in [0.2, 0.25) is 0 Å². The Morgan fingerprint density at radius 1 is 1.32 bits per heavy atom. The van der Waals surface area contributed by atoms with Crippen LogP contribution < -0.4 is 10.6 Å². The minimum Gasteiger partial charge on any atom is -0.457 e. The van der Waals surface area contributed by atoms with E-state index >= 15 is 0 Å². The van der Waals surface area contributed by atoms with Crippen LogP contribution in [0.4, 0.5) is 0 Å². The summed E-state index contributed by atoms with van der Waals surface area (Å²) in [6.07, 6.45) is 1.53. The molecule has 0 spiro atoms. The lowest BCUT2D eigenvalue weighted by Gasteiger charge is -2.02. The van der Waals surface area contributed by atoms with Crippen LogP contribution >= 0.6 is 12.2 Å². The maximum atomic E-state index is 11.8. The lowest BCUT2D eigenvalue weighted by molar-refractivity contribution is -0.115. The van der Waals surface area contributed by atoms with Gasteiger partial charge in [-0.1, -0.05) is 12.1 Å². The predicted molar refractivity (Wildman–Crippen MR) is 91.9 cm³/mol. The van der Waals surface area contributed by atoms with Gasteiger partial charge in [0, 0.05) is 11.6 Å². The highest BCUT2D eigenvalue weighted by molar-refractivity contribution is 7.80. The summed E-state index contributed by atoms with van der Waals surface area (Å²) in [5.74, 6) is 0.0559. The predicted octanol–water partition coefficient (Wildman–Crippen LogP) is 1.97. The molecule has 1 aliphatic heterocycles. The zero-order valence-electron chi connectivity index (χ0n) is 12.7. The maximum absolute atomic E-state index is 11.8. The van der Waals surface area contributed by atoms with Crippen molar-refractivity contribution in [1.82, 2.24) is 10.6 Å². The number of nitrogens with zero attached hydrogens (tertiary/aromatic N) is 1. The number of carbonyl (C=O) groups excluding carboxylic acids is 2. The molecule has 1 aromatic carbocycles. The zero-order chi connectivity index (χ0) is 17.8. The third-order valence-electron chi connectivity index (χ3n) is 3.28. The van der Waals surface area contributed by atoms with E-state index in [1.807, 2.05) is 0 Å². The summed E-state index contributed by atoms with van der Waals surface area (Å²) in [4.78, 5) is 23.4. The minimum absolute atomic E-state index is 0.242. The second-order valence-electron chi connectivity index (χ2n) is 4.98. The molecule has 124 valence electrons. The molecular formula is C17H11N3O4S. The average Bonchev–Trinajstić information content (AvgIpc) is 3.19. The van der Waals surface area contributed by atoms with Crippen LogP contribution in [0.1, 0.15) is 16.1 Å². The van der Waals surface area contributed by atoms with Gasteiger partial charge in [-0.2, -0.15) is 5.26 Å². The number of thiocarbonyl (C=S) groups is 1. The molecule has 2 heterocycles. The van der Waals surface area contributed by atoms with Gasteiger partial charge < -0.3 is 14.5 Å². The zero-order valence-corrected chi connectivity index (χ0v) is 13.6. The summed E-state index contributed by atoms with van der Waals surface area (Å²) in [5.41, 5.74) is 1.27. The number of hydrogen-bond acceptors (Lipinski definition) is 6. The fraction of sp³-hybridized carbons (Fsp3) is 0.0588. The first-order valence-corrected chi connectivity index (χ1v) is 7.56. The molecule has 0 radical (unpaired) electrons. The normalized spacial score (nSPS) is 14.8. The van der Waals surface area contributed by atoms with Crippen molar-refractivity contribution in [2.45, 2.75) is 0 Å². The Kier molecular flexibility index (Phi) is 4.59. The fourth-order valence-electron chi connectivity index (χ4n) is 2.19. The molecule has 1 aliphatic rings. The van der Waals surface area contributed by atoms with Crippen LogP contribution in [-0.2, 0) is 9.53 Å². The Balaban J connectivity index is 1.82. The maximum Gasteiger partial charge on any atom is 0.339 e. The van der Waals surface area contributed by atoms with Crippen molar-refractivity contribution in [3.8, 4) is 17.4 Å². The molecule has 2 N–H and O–H groups in total. The summed E-state index contributed by atoms with van der Waals surface area (Å²) >= 11 is 4.86. The van der Waals surface area contributed by atoms with Crippen LogP contribution in [0, 0.1) is 11.3 Å². The van der Waals surface area contributed by atoms with E-state index < -0.39 is 5.97 Å². The number of esters is 1. The van der Waals surface area contributed by atoms with Gasteiger partial charge in [0.1, 0.15) is 23.3 Å². The second kappa shape index (κ2) is 6.98. The Labute approximate surface area is 147 Å². The van der Waals surface area contributed by atoms with Gasteiger partial charge in [-0.05, 0) is 36.5 Å². The van der Waals surface area contributed by atoms with Gasteiger partial charge >= 0.3 is 5.97 Å². The first kappa shape index (κ1) is 16.4. The topological polar surface area (TPSA) is 104 Å². The van der Waals surface area contributed by atoms with E-state index in [4.69, 9.17) is 26.6 Å². The van der Waals surface area contributed by atoms with Crippen LogP contribution in [0.5, 0.6) is 0 Å². The molecule has 1 aromatic heterocycles. The molecule has 8 heteroatoms.